The Kier molecular flexibility index (Phi) is 4.21. The number of nitriles is 1. The van der Waals surface area contributed by atoms with Crippen LogP contribution >= 0.6 is 0 Å². The van der Waals surface area contributed by atoms with Crippen LogP contribution in [0, 0.1) is 11.3 Å². The van der Waals surface area contributed by atoms with E-state index in [1.807, 2.05) is 18.2 Å². The molecule has 4 heteroatoms. The highest BCUT2D eigenvalue weighted by atomic mass is 16.5. The zero-order valence-electron chi connectivity index (χ0n) is 11.6. The highest BCUT2D eigenvalue weighted by molar-refractivity contribution is 5.47. The number of nitrogens with zero attached hydrogens (tertiary/aromatic N) is 2. The zero-order chi connectivity index (χ0) is 14.5. The van der Waals surface area contributed by atoms with Crippen molar-refractivity contribution in [3.8, 4) is 11.8 Å². The van der Waals surface area contributed by atoms with Gasteiger partial charge in [0.15, 0.2) is 0 Å². The first-order chi connectivity index (χ1) is 9.69. The Balaban J connectivity index is 2.51. The van der Waals surface area contributed by atoms with Crippen molar-refractivity contribution in [1.82, 2.24) is 4.98 Å². The molecule has 1 aromatic carbocycles. The average Bonchev–Trinajstić information content (AvgIpc) is 2.49. The van der Waals surface area contributed by atoms with Gasteiger partial charge < -0.3 is 10.5 Å². The number of hydrogen-bond acceptors (Lipinski definition) is 4. The number of methoxy groups -OCH3 is 1. The van der Waals surface area contributed by atoms with Gasteiger partial charge in [-0.3, -0.25) is 4.98 Å². The number of hydrogen-bond donors (Lipinski definition) is 1. The standard InChI is InChI=1S/C16H17N3O/c1-3-11-4-7-16(20-2)13(8-11)14(9-17)15-6-5-12(18)10-19-15/h4-8,10,14H,3,18H2,1-2H3. The zero-order valence-corrected chi connectivity index (χ0v) is 11.6. The number of benzene rings is 1. The normalized spacial score (nSPS) is 11.7. The second-order valence-electron chi connectivity index (χ2n) is 4.51. The molecule has 2 aromatic rings. The van der Waals surface area contributed by atoms with E-state index in [-0.39, 0.29) is 0 Å². The molecule has 0 saturated heterocycles. The minimum absolute atomic E-state index is 0.461. The first-order valence-electron chi connectivity index (χ1n) is 6.47. The van der Waals surface area contributed by atoms with Gasteiger partial charge in [-0.2, -0.15) is 5.26 Å². The largest absolute Gasteiger partial charge is 0.496 e. The summed E-state index contributed by atoms with van der Waals surface area (Å²) in [6.07, 6.45) is 2.47. The number of anilines is 1. The monoisotopic (exact) mass is 267 g/mol. The molecule has 0 spiro atoms. The third kappa shape index (κ3) is 2.72. The van der Waals surface area contributed by atoms with E-state index in [4.69, 9.17) is 10.5 Å². The van der Waals surface area contributed by atoms with Crippen molar-refractivity contribution >= 4 is 5.69 Å². The van der Waals surface area contributed by atoms with E-state index >= 15 is 0 Å². The summed E-state index contributed by atoms with van der Waals surface area (Å²) in [6.45, 7) is 2.08. The van der Waals surface area contributed by atoms with E-state index in [1.165, 1.54) is 0 Å². The first-order valence-corrected chi connectivity index (χ1v) is 6.47. The third-order valence-electron chi connectivity index (χ3n) is 3.25. The molecule has 0 aliphatic heterocycles. The van der Waals surface area contributed by atoms with Crippen molar-refractivity contribution in [2.45, 2.75) is 19.3 Å². The fourth-order valence-electron chi connectivity index (χ4n) is 2.11. The van der Waals surface area contributed by atoms with E-state index in [2.05, 4.69) is 18.0 Å². The number of ether oxygens (including phenoxy) is 1. The second kappa shape index (κ2) is 6.07. The van der Waals surface area contributed by atoms with Crippen LogP contribution in [0.3, 0.4) is 0 Å². The van der Waals surface area contributed by atoms with Crippen LogP contribution in [0.25, 0.3) is 0 Å². The number of nitrogens with two attached hydrogens (primary N) is 1. The van der Waals surface area contributed by atoms with E-state index in [1.54, 1.807) is 25.4 Å². The Morgan fingerprint density at radius 1 is 1.35 bits per heavy atom. The number of nitrogen functional groups attached to an aromatic ring is 1. The SMILES string of the molecule is CCc1ccc(OC)c(C(C#N)c2ccc(N)cn2)c1. The van der Waals surface area contributed by atoms with Gasteiger partial charge in [0.25, 0.3) is 0 Å². The lowest BCUT2D eigenvalue weighted by molar-refractivity contribution is 0.409. The van der Waals surface area contributed by atoms with Crippen LogP contribution in [0.2, 0.25) is 0 Å². The predicted molar refractivity (Wildman–Crippen MR) is 78.5 cm³/mol. The molecule has 1 heterocycles. The highest BCUT2D eigenvalue weighted by Gasteiger charge is 2.19. The molecule has 1 aromatic heterocycles. The molecular weight excluding hydrogens is 250 g/mol. The molecule has 0 amide bonds. The van der Waals surface area contributed by atoms with Crippen LogP contribution in [-0.2, 0) is 6.42 Å². The quantitative estimate of drug-likeness (QED) is 0.924. The smallest absolute Gasteiger partial charge is 0.123 e. The Bertz CT molecular complexity index is 629. The topological polar surface area (TPSA) is 71.9 Å². The van der Waals surface area contributed by atoms with Gasteiger partial charge in [-0.25, -0.2) is 0 Å². The molecule has 0 aliphatic carbocycles. The van der Waals surface area contributed by atoms with Gasteiger partial charge >= 0.3 is 0 Å². The number of aryl methyl sites for hydroxylation is 1. The lowest BCUT2D eigenvalue weighted by atomic mass is 9.93. The summed E-state index contributed by atoms with van der Waals surface area (Å²) in [4.78, 5) is 4.25. The highest BCUT2D eigenvalue weighted by Crippen LogP contribution is 2.31. The lowest BCUT2D eigenvalue weighted by Crippen LogP contribution is -2.04. The summed E-state index contributed by atoms with van der Waals surface area (Å²) < 4.78 is 5.37. The molecule has 2 rings (SSSR count). The fourth-order valence-corrected chi connectivity index (χ4v) is 2.11. The molecule has 0 aliphatic rings. The summed E-state index contributed by atoms with van der Waals surface area (Å²) in [6, 6.07) is 11.7. The van der Waals surface area contributed by atoms with Gasteiger partial charge in [0.2, 0.25) is 0 Å². The van der Waals surface area contributed by atoms with Gasteiger partial charge in [0.05, 0.1) is 30.8 Å². The van der Waals surface area contributed by atoms with Crippen LogP contribution in [0.5, 0.6) is 5.75 Å². The predicted octanol–water partition coefficient (Wildman–Crippen LogP) is 2.89. The summed E-state index contributed by atoms with van der Waals surface area (Å²) in [5.41, 5.74) is 8.90. The van der Waals surface area contributed by atoms with Crippen LogP contribution in [0.1, 0.15) is 29.7 Å². The Hall–Kier alpha value is -2.54. The summed E-state index contributed by atoms with van der Waals surface area (Å²) >= 11 is 0. The van der Waals surface area contributed by atoms with Crippen LogP contribution in [-0.4, -0.2) is 12.1 Å². The maximum atomic E-state index is 9.51. The molecule has 0 bridgehead atoms. The molecule has 102 valence electrons. The van der Waals surface area contributed by atoms with Crippen molar-refractivity contribution in [2.75, 3.05) is 12.8 Å². The Labute approximate surface area is 118 Å². The van der Waals surface area contributed by atoms with Gasteiger partial charge in [0, 0.05) is 5.56 Å². The van der Waals surface area contributed by atoms with E-state index in [9.17, 15) is 5.26 Å². The number of pyridine rings is 1. The van der Waals surface area contributed by atoms with Crippen LogP contribution < -0.4 is 10.5 Å². The molecule has 20 heavy (non-hydrogen) atoms. The van der Waals surface area contributed by atoms with Gasteiger partial charge in [-0.15, -0.1) is 0 Å². The third-order valence-corrected chi connectivity index (χ3v) is 3.25. The van der Waals surface area contributed by atoms with Crippen molar-refractivity contribution in [1.29, 1.82) is 5.26 Å². The van der Waals surface area contributed by atoms with Crippen LogP contribution in [0.15, 0.2) is 36.5 Å². The number of aromatic nitrogens is 1. The molecule has 0 saturated carbocycles. The summed E-state index contributed by atoms with van der Waals surface area (Å²) in [5.74, 6) is 0.240. The fraction of sp³-hybridized carbons (Fsp3) is 0.250. The molecule has 1 atom stereocenters. The van der Waals surface area contributed by atoms with E-state index in [0.29, 0.717) is 17.1 Å². The van der Waals surface area contributed by atoms with Gasteiger partial charge in [0.1, 0.15) is 11.7 Å². The molecule has 2 N–H and O–H groups in total. The maximum absolute atomic E-state index is 9.51. The molecule has 4 nitrogen and oxygen atoms in total. The summed E-state index contributed by atoms with van der Waals surface area (Å²) in [7, 11) is 1.61. The lowest BCUT2D eigenvalue weighted by Gasteiger charge is -2.14. The molecular formula is C16H17N3O. The van der Waals surface area contributed by atoms with E-state index < -0.39 is 5.92 Å². The van der Waals surface area contributed by atoms with Crippen molar-refractivity contribution in [2.24, 2.45) is 0 Å². The van der Waals surface area contributed by atoms with Crippen molar-refractivity contribution in [3.63, 3.8) is 0 Å². The second-order valence-corrected chi connectivity index (χ2v) is 4.51. The minimum Gasteiger partial charge on any atom is -0.496 e. The summed E-state index contributed by atoms with van der Waals surface area (Å²) in [5, 5.41) is 9.51. The van der Waals surface area contributed by atoms with Crippen molar-refractivity contribution in [3.05, 3.63) is 53.3 Å². The molecule has 1 unspecified atom stereocenters. The Morgan fingerprint density at radius 2 is 2.15 bits per heavy atom. The average molecular weight is 267 g/mol. The minimum atomic E-state index is -0.461. The molecule has 0 fully saturated rings. The Morgan fingerprint density at radius 3 is 2.70 bits per heavy atom. The molecule has 0 radical (unpaired) electrons. The first kappa shape index (κ1) is 13.9. The van der Waals surface area contributed by atoms with E-state index in [0.717, 1.165) is 17.5 Å². The van der Waals surface area contributed by atoms with Crippen LogP contribution in [0.4, 0.5) is 5.69 Å². The number of rotatable bonds is 4. The van der Waals surface area contributed by atoms with Gasteiger partial charge in [-0.05, 0) is 30.2 Å². The van der Waals surface area contributed by atoms with Gasteiger partial charge in [-0.1, -0.05) is 19.1 Å². The maximum Gasteiger partial charge on any atom is 0.123 e. The van der Waals surface area contributed by atoms with Crippen molar-refractivity contribution < 1.29 is 4.74 Å².